The molecule has 198 valence electrons. The van der Waals surface area contributed by atoms with Crippen LogP contribution in [0, 0.1) is 0 Å². The van der Waals surface area contributed by atoms with Gasteiger partial charge in [-0.15, -0.1) is 0 Å². The molecular weight excluding hydrogens is 534 g/mol. The van der Waals surface area contributed by atoms with E-state index in [0.717, 1.165) is 28.4 Å². The second kappa shape index (κ2) is 9.91. The number of hydrogen-bond acceptors (Lipinski definition) is 5. The molecule has 6 nitrogen and oxygen atoms in total. The van der Waals surface area contributed by atoms with E-state index < -0.39 is 28.6 Å². The lowest BCUT2D eigenvalue weighted by atomic mass is 9.77. The van der Waals surface area contributed by atoms with Gasteiger partial charge in [0.25, 0.3) is 11.7 Å². The van der Waals surface area contributed by atoms with Gasteiger partial charge in [-0.25, -0.2) is 0 Å². The van der Waals surface area contributed by atoms with Gasteiger partial charge in [0.15, 0.2) is 0 Å². The largest absolute Gasteiger partial charge is 0.507 e. The molecule has 0 aliphatic carbocycles. The lowest BCUT2D eigenvalue weighted by Gasteiger charge is -2.32. The number of phenolic OH excluding ortho intramolecular Hbond substituents is 1. The number of aromatic hydroxyl groups is 1. The zero-order chi connectivity index (χ0) is 27.3. The number of benzene rings is 2. The van der Waals surface area contributed by atoms with Crippen molar-refractivity contribution < 1.29 is 24.5 Å². The fourth-order valence-electron chi connectivity index (χ4n) is 5.14. The first kappa shape index (κ1) is 27.4. The third kappa shape index (κ3) is 5.34. The van der Waals surface area contributed by atoms with Gasteiger partial charge < -0.3 is 19.8 Å². The predicted octanol–water partition coefficient (Wildman–Crippen LogP) is 6.35. The first-order chi connectivity index (χ1) is 17.2. The van der Waals surface area contributed by atoms with Crippen molar-refractivity contribution in [1.82, 2.24) is 4.90 Å². The Bertz CT molecular complexity index is 1210. The molecule has 7 heteroatoms. The Morgan fingerprint density at radius 3 is 2.08 bits per heavy atom. The highest BCUT2D eigenvalue weighted by atomic mass is 79.9. The number of halogens is 1. The number of phenols is 1. The minimum Gasteiger partial charge on any atom is -0.507 e. The number of nitrogens with zero attached hydrogens (tertiary/aromatic N) is 1. The molecule has 0 saturated carbocycles. The Balaban J connectivity index is 1.98. The van der Waals surface area contributed by atoms with Crippen LogP contribution in [0.25, 0.3) is 5.76 Å². The fourth-order valence-corrected chi connectivity index (χ4v) is 5.41. The molecule has 0 aromatic heterocycles. The maximum Gasteiger partial charge on any atom is 0.295 e. The number of likely N-dealkylation sites (tertiary alicyclic amines) is 1. The second-order valence-electron chi connectivity index (χ2n) is 12.1. The summed E-state index contributed by atoms with van der Waals surface area (Å²) in [6, 6.07) is 9.92. The highest BCUT2D eigenvalue weighted by Crippen LogP contribution is 2.46. The highest BCUT2D eigenvalue weighted by molar-refractivity contribution is 9.10. The summed E-state index contributed by atoms with van der Waals surface area (Å²) in [5.41, 5.74) is 1.84. The van der Waals surface area contributed by atoms with Gasteiger partial charge >= 0.3 is 0 Å². The lowest BCUT2D eigenvalue weighted by Crippen LogP contribution is -2.36. The molecule has 4 rings (SSSR count). The Kier molecular flexibility index (Phi) is 7.34. The Morgan fingerprint density at radius 2 is 1.59 bits per heavy atom. The van der Waals surface area contributed by atoms with Crippen LogP contribution in [0.5, 0.6) is 5.75 Å². The van der Waals surface area contributed by atoms with Crippen LogP contribution >= 0.6 is 15.9 Å². The van der Waals surface area contributed by atoms with Crippen LogP contribution in [0.3, 0.4) is 0 Å². The quantitative estimate of drug-likeness (QED) is 0.254. The van der Waals surface area contributed by atoms with Gasteiger partial charge in [0.1, 0.15) is 11.5 Å². The van der Waals surface area contributed by atoms with Gasteiger partial charge in [-0.2, -0.15) is 0 Å². The van der Waals surface area contributed by atoms with Gasteiger partial charge in [0.05, 0.1) is 17.7 Å². The molecule has 2 aliphatic rings. The van der Waals surface area contributed by atoms with E-state index in [1.807, 2.05) is 53.7 Å². The van der Waals surface area contributed by atoms with Crippen LogP contribution in [0.15, 0.2) is 46.4 Å². The number of ketones is 1. The number of carbonyl (C=O) groups is 2. The standard InChI is InChI=1S/C30H36BrNO5/c1-29(2,3)21-14-18(15-22(26(21)34)30(4,5)6)24-23(25(33)17-9-11-19(31)12-10-17)27(35)28(36)32(24)16-20-8-7-13-37-20/h9-12,14-15,20,24,33-34H,7-8,13,16H2,1-6H3. The van der Waals surface area contributed by atoms with Crippen molar-refractivity contribution in [3.8, 4) is 5.75 Å². The van der Waals surface area contributed by atoms with Gasteiger partial charge in [-0.05, 0) is 64.6 Å². The normalized spacial score (nSPS) is 22.2. The molecule has 2 heterocycles. The van der Waals surface area contributed by atoms with Crippen molar-refractivity contribution in [2.75, 3.05) is 13.2 Å². The van der Waals surface area contributed by atoms with Crippen LogP contribution in [-0.4, -0.2) is 46.1 Å². The van der Waals surface area contributed by atoms with Crippen molar-refractivity contribution in [2.45, 2.75) is 77.4 Å². The molecule has 1 amide bonds. The van der Waals surface area contributed by atoms with Crippen molar-refractivity contribution in [3.63, 3.8) is 0 Å². The predicted molar refractivity (Wildman–Crippen MR) is 148 cm³/mol. The molecule has 2 N–H and O–H groups in total. The Hall–Kier alpha value is -2.64. The zero-order valence-electron chi connectivity index (χ0n) is 22.4. The van der Waals surface area contributed by atoms with Crippen molar-refractivity contribution >= 4 is 33.4 Å². The van der Waals surface area contributed by atoms with E-state index >= 15 is 0 Å². The van der Waals surface area contributed by atoms with Crippen LogP contribution < -0.4 is 0 Å². The summed E-state index contributed by atoms with van der Waals surface area (Å²) in [6.07, 6.45) is 1.53. The van der Waals surface area contributed by atoms with Crippen molar-refractivity contribution in [3.05, 3.63) is 68.7 Å². The summed E-state index contributed by atoms with van der Waals surface area (Å²) in [4.78, 5) is 28.4. The van der Waals surface area contributed by atoms with Crippen LogP contribution in [0.4, 0.5) is 0 Å². The smallest absolute Gasteiger partial charge is 0.295 e. The van der Waals surface area contributed by atoms with E-state index in [2.05, 4.69) is 15.9 Å². The Labute approximate surface area is 227 Å². The van der Waals surface area contributed by atoms with Crippen molar-refractivity contribution in [1.29, 1.82) is 0 Å². The number of aliphatic hydroxyl groups is 1. The minimum absolute atomic E-state index is 0.0516. The molecule has 2 aromatic rings. The molecule has 0 spiro atoms. The van der Waals surface area contributed by atoms with Crippen LogP contribution in [0.2, 0.25) is 0 Å². The van der Waals surface area contributed by atoms with E-state index in [9.17, 15) is 19.8 Å². The number of carbonyl (C=O) groups excluding carboxylic acids is 2. The monoisotopic (exact) mass is 569 g/mol. The molecule has 37 heavy (non-hydrogen) atoms. The van der Waals surface area contributed by atoms with E-state index in [1.165, 1.54) is 4.90 Å². The number of amides is 1. The molecule has 2 aliphatic heterocycles. The summed E-state index contributed by atoms with van der Waals surface area (Å²) in [7, 11) is 0. The van der Waals surface area contributed by atoms with E-state index in [4.69, 9.17) is 4.74 Å². The third-order valence-corrected chi connectivity index (χ3v) is 7.67. The Morgan fingerprint density at radius 1 is 1.03 bits per heavy atom. The number of hydrogen-bond donors (Lipinski definition) is 2. The molecular formula is C30H36BrNO5. The van der Waals surface area contributed by atoms with E-state index in [0.29, 0.717) is 17.7 Å². The minimum atomic E-state index is -0.810. The molecule has 2 saturated heterocycles. The van der Waals surface area contributed by atoms with Gasteiger partial charge in [0.2, 0.25) is 0 Å². The SMILES string of the molecule is CC(C)(C)c1cc(C2C(=C(O)c3ccc(Br)cc3)C(=O)C(=O)N2CC2CCCO2)cc(C(C)(C)C)c1O. The number of aliphatic hydroxyl groups excluding tert-OH is 1. The van der Waals surface area contributed by atoms with Crippen LogP contribution in [-0.2, 0) is 25.2 Å². The average Bonchev–Trinajstić information content (AvgIpc) is 3.40. The summed E-state index contributed by atoms with van der Waals surface area (Å²) < 4.78 is 6.66. The summed E-state index contributed by atoms with van der Waals surface area (Å²) in [5.74, 6) is -1.37. The van der Waals surface area contributed by atoms with Crippen molar-refractivity contribution in [2.24, 2.45) is 0 Å². The second-order valence-corrected chi connectivity index (χ2v) is 13.0. The number of ether oxygens (including phenoxy) is 1. The molecule has 2 atom stereocenters. The maximum atomic E-state index is 13.5. The molecule has 2 unspecified atom stereocenters. The molecule has 0 radical (unpaired) electrons. The van der Waals surface area contributed by atoms with Crippen LogP contribution in [0.1, 0.15) is 82.7 Å². The van der Waals surface area contributed by atoms with E-state index in [-0.39, 0.29) is 29.7 Å². The van der Waals surface area contributed by atoms with E-state index in [1.54, 1.807) is 24.3 Å². The van der Waals surface area contributed by atoms with Gasteiger partial charge in [-0.1, -0.05) is 69.6 Å². The maximum absolute atomic E-state index is 13.5. The highest BCUT2D eigenvalue weighted by Gasteiger charge is 2.47. The number of Topliss-reactive ketones (excluding diaryl/α,β-unsaturated/α-hetero) is 1. The molecule has 2 aromatic carbocycles. The lowest BCUT2D eigenvalue weighted by molar-refractivity contribution is -0.140. The summed E-state index contributed by atoms with van der Waals surface area (Å²) in [5, 5.41) is 22.7. The molecule has 2 fully saturated rings. The zero-order valence-corrected chi connectivity index (χ0v) is 24.0. The summed E-state index contributed by atoms with van der Waals surface area (Å²) >= 11 is 3.40. The third-order valence-electron chi connectivity index (χ3n) is 7.15. The molecule has 0 bridgehead atoms. The topological polar surface area (TPSA) is 87.1 Å². The number of rotatable bonds is 4. The first-order valence-corrected chi connectivity index (χ1v) is 13.5. The first-order valence-electron chi connectivity index (χ1n) is 12.7. The van der Waals surface area contributed by atoms with Gasteiger partial charge in [-0.3, -0.25) is 9.59 Å². The average molecular weight is 571 g/mol. The fraction of sp³-hybridized carbons (Fsp3) is 0.467. The summed E-state index contributed by atoms with van der Waals surface area (Å²) in [6.45, 7) is 13.0. The van der Waals surface area contributed by atoms with Gasteiger partial charge in [0, 0.05) is 23.2 Å².